The van der Waals surface area contributed by atoms with Gasteiger partial charge in [-0.25, -0.2) is 0 Å². The normalized spacial score (nSPS) is 9.82. The first-order valence-corrected chi connectivity index (χ1v) is 5.23. The third-order valence-electron chi connectivity index (χ3n) is 2.54. The smallest absolute Gasteiger partial charge is 0.305 e. The molecule has 1 aromatic rings. The van der Waals surface area contributed by atoms with Crippen LogP contribution in [0.1, 0.15) is 17.3 Å². The molecule has 6 heteroatoms. The molecule has 0 radical (unpaired) electrons. The van der Waals surface area contributed by atoms with E-state index >= 15 is 0 Å². The Morgan fingerprint density at radius 1 is 1.53 bits per heavy atom. The Bertz CT molecular complexity index is 446. The van der Waals surface area contributed by atoms with Crippen molar-refractivity contribution in [3.8, 4) is 0 Å². The molecule has 0 aliphatic rings. The third kappa shape index (κ3) is 2.52. The van der Waals surface area contributed by atoms with Gasteiger partial charge in [-0.05, 0) is 19.1 Å². The van der Waals surface area contributed by atoms with Crippen LogP contribution in [0.2, 0.25) is 0 Å². The van der Waals surface area contributed by atoms with Gasteiger partial charge in [0.2, 0.25) is 0 Å². The molecule has 17 heavy (non-hydrogen) atoms. The maximum Gasteiger partial charge on any atom is 0.305 e. The monoisotopic (exact) mass is 237 g/mol. The zero-order chi connectivity index (χ0) is 13.0. The summed E-state index contributed by atoms with van der Waals surface area (Å²) in [6.45, 7) is 2.31. The first-order chi connectivity index (χ1) is 8.02. The lowest BCUT2D eigenvalue weighted by atomic mass is 10.1. The Kier molecular flexibility index (Phi) is 4.03. The molecule has 0 aliphatic carbocycles. The van der Waals surface area contributed by atoms with Gasteiger partial charge in [-0.1, -0.05) is 6.07 Å². The number of carbonyl (C=O) groups excluding carboxylic acids is 1. The SMILES string of the molecule is CCN(C)C(=O)c1cccc(NC)c1[N+](=O)[O-]. The van der Waals surface area contributed by atoms with Crippen LogP contribution >= 0.6 is 0 Å². The molecule has 0 fully saturated rings. The molecule has 0 unspecified atom stereocenters. The molecule has 92 valence electrons. The molecule has 6 nitrogen and oxygen atoms in total. The van der Waals surface area contributed by atoms with E-state index in [-0.39, 0.29) is 17.2 Å². The molecule has 0 bridgehead atoms. The maximum absolute atomic E-state index is 12.0. The Morgan fingerprint density at radius 2 is 2.18 bits per heavy atom. The number of carbonyl (C=O) groups is 1. The summed E-state index contributed by atoms with van der Waals surface area (Å²) < 4.78 is 0. The van der Waals surface area contributed by atoms with Crippen LogP contribution < -0.4 is 5.32 Å². The molecule has 0 spiro atoms. The summed E-state index contributed by atoms with van der Waals surface area (Å²) in [6, 6.07) is 4.66. The van der Waals surface area contributed by atoms with E-state index in [0.717, 1.165) is 0 Å². The minimum absolute atomic E-state index is 0.103. The van der Waals surface area contributed by atoms with Crippen molar-refractivity contribution < 1.29 is 9.72 Å². The minimum Gasteiger partial charge on any atom is -0.383 e. The van der Waals surface area contributed by atoms with Crippen LogP contribution in [0.4, 0.5) is 11.4 Å². The van der Waals surface area contributed by atoms with E-state index in [4.69, 9.17) is 0 Å². The van der Waals surface area contributed by atoms with Gasteiger partial charge >= 0.3 is 5.69 Å². The fourth-order valence-corrected chi connectivity index (χ4v) is 1.46. The van der Waals surface area contributed by atoms with Crippen molar-refractivity contribution in [3.05, 3.63) is 33.9 Å². The maximum atomic E-state index is 12.0. The molecule has 0 saturated carbocycles. The number of hydrogen-bond acceptors (Lipinski definition) is 4. The number of nitro benzene ring substituents is 1. The average Bonchev–Trinajstić information content (AvgIpc) is 2.35. The number of amides is 1. The second kappa shape index (κ2) is 5.29. The third-order valence-corrected chi connectivity index (χ3v) is 2.54. The van der Waals surface area contributed by atoms with E-state index in [0.29, 0.717) is 12.2 Å². The largest absolute Gasteiger partial charge is 0.383 e. The average molecular weight is 237 g/mol. The molecule has 1 aromatic carbocycles. The molecule has 1 amide bonds. The van der Waals surface area contributed by atoms with Crippen LogP contribution in [0, 0.1) is 10.1 Å². The number of nitrogens with one attached hydrogen (secondary N) is 1. The van der Waals surface area contributed by atoms with Crippen molar-refractivity contribution in [2.45, 2.75) is 6.92 Å². The molecule has 0 saturated heterocycles. The predicted octanol–water partition coefficient (Wildman–Crippen LogP) is 1.73. The van der Waals surface area contributed by atoms with Crippen LogP contribution in [-0.2, 0) is 0 Å². The number of benzene rings is 1. The number of rotatable bonds is 4. The summed E-state index contributed by atoms with van der Waals surface area (Å²) in [5.74, 6) is -0.351. The molecule has 1 N–H and O–H groups in total. The molecular weight excluding hydrogens is 222 g/mol. The van der Waals surface area contributed by atoms with Gasteiger partial charge < -0.3 is 10.2 Å². The van der Waals surface area contributed by atoms with E-state index in [1.54, 1.807) is 26.2 Å². The summed E-state index contributed by atoms with van der Waals surface area (Å²) in [5.41, 5.74) is 0.261. The Hall–Kier alpha value is -2.11. The summed E-state index contributed by atoms with van der Waals surface area (Å²) in [4.78, 5) is 23.9. The lowest BCUT2D eigenvalue weighted by Crippen LogP contribution is -2.27. The topological polar surface area (TPSA) is 75.5 Å². The van der Waals surface area contributed by atoms with Crippen LogP contribution in [0.5, 0.6) is 0 Å². The number of hydrogen-bond donors (Lipinski definition) is 1. The predicted molar refractivity (Wildman–Crippen MR) is 65.3 cm³/mol. The quantitative estimate of drug-likeness (QED) is 0.639. The van der Waals surface area contributed by atoms with E-state index in [1.807, 2.05) is 6.92 Å². The second-order valence-corrected chi connectivity index (χ2v) is 3.53. The number of nitrogens with zero attached hydrogens (tertiary/aromatic N) is 2. The van der Waals surface area contributed by atoms with Gasteiger partial charge in [-0.2, -0.15) is 0 Å². The van der Waals surface area contributed by atoms with Gasteiger partial charge in [-0.15, -0.1) is 0 Å². The van der Waals surface area contributed by atoms with Gasteiger partial charge in [0.1, 0.15) is 11.3 Å². The highest BCUT2D eigenvalue weighted by atomic mass is 16.6. The van der Waals surface area contributed by atoms with Crippen molar-refractivity contribution in [3.63, 3.8) is 0 Å². The van der Waals surface area contributed by atoms with Gasteiger partial charge in [-0.3, -0.25) is 14.9 Å². The number of anilines is 1. The molecule has 0 atom stereocenters. The van der Waals surface area contributed by atoms with Crippen LogP contribution in [-0.4, -0.2) is 36.4 Å². The first kappa shape index (κ1) is 13.0. The Labute approximate surface area is 99.4 Å². The van der Waals surface area contributed by atoms with Crippen molar-refractivity contribution >= 4 is 17.3 Å². The summed E-state index contributed by atoms with van der Waals surface area (Å²) in [7, 11) is 3.19. The molecule has 0 aromatic heterocycles. The van der Waals surface area contributed by atoms with Crippen LogP contribution in [0.25, 0.3) is 0 Å². The standard InChI is InChI=1S/C11H15N3O3/c1-4-13(3)11(15)8-6-5-7-9(12-2)10(8)14(16)17/h5-7,12H,4H2,1-3H3. The van der Waals surface area contributed by atoms with Gasteiger partial charge in [0.15, 0.2) is 0 Å². The Balaban J connectivity index is 3.33. The van der Waals surface area contributed by atoms with Gasteiger partial charge in [0.25, 0.3) is 5.91 Å². The molecule has 1 rings (SSSR count). The van der Waals surface area contributed by atoms with Gasteiger partial charge in [0, 0.05) is 20.6 Å². The minimum atomic E-state index is -0.539. The van der Waals surface area contributed by atoms with E-state index < -0.39 is 4.92 Å². The van der Waals surface area contributed by atoms with E-state index in [2.05, 4.69) is 5.32 Å². The van der Waals surface area contributed by atoms with Crippen LogP contribution in [0.3, 0.4) is 0 Å². The van der Waals surface area contributed by atoms with Crippen molar-refractivity contribution in [2.24, 2.45) is 0 Å². The van der Waals surface area contributed by atoms with Crippen molar-refractivity contribution in [1.29, 1.82) is 0 Å². The summed E-state index contributed by atoms with van der Waals surface area (Å²) >= 11 is 0. The molecule has 0 aliphatic heterocycles. The highest BCUT2D eigenvalue weighted by Gasteiger charge is 2.25. The lowest BCUT2D eigenvalue weighted by molar-refractivity contribution is -0.384. The number of para-hydroxylation sites is 1. The van der Waals surface area contributed by atoms with Crippen molar-refractivity contribution in [2.75, 3.05) is 26.0 Å². The zero-order valence-electron chi connectivity index (χ0n) is 10.1. The Morgan fingerprint density at radius 3 is 2.65 bits per heavy atom. The molecular formula is C11H15N3O3. The highest BCUT2D eigenvalue weighted by Crippen LogP contribution is 2.28. The van der Waals surface area contributed by atoms with E-state index in [1.165, 1.54) is 11.0 Å². The number of nitro groups is 1. The zero-order valence-corrected chi connectivity index (χ0v) is 10.1. The second-order valence-electron chi connectivity index (χ2n) is 3.53. The fraction of sp³-hybridized carbons (Fsp3) is 0.364. The van der Waals surface area contributed by atoms with Crippen molar-refractivity contribution in [1.82, 2.24) is 4.90 Å². The fourth-order valence-electron chi connectivity index (χ4n) is 1.46. The van der Waals surface area contributed by atoms with Gasteiger partial charge in [0.05, 0.1) is 4.92 Å². The van der Waals surface area contributed by atoms with Crippen LogP contribution in [0.15, 0.2) is 18.2 Å². The first-order valence-electron chi connectivity index (χ1n) is 5.23. The van der Waals surface area contributed by atoms with E-state index in [9.17, 15) is 14.9 Å². The lowest BCUT2D eigenvalue weighted by Gasteiger charge is -2.15. The molecule has 0 heterocycles. The summed E-state index contributed by atoms with van der Waals surface area (Å²) in [5, 5.41) is 13.7. The highest BCUT2D eigenvalue weighted by molar-refractivity contribution is 6.00. The summed E-state index contributed by atoms with van der Waals surface area (Å²) in [6.07, 6.45) is 0.